The van der Waals surface area contributed by atoms with E-state index in [4.69, 9.17) is 5.73 Å². The number of nitrogens with one attached hydrogen (secondary N) is 1. The maximum atomic E-state index is 13.1. The molecule has 1 aromatic heterocycles. The largest absolute Gasteiger partial charge is 0.382 e. The first-order valence-corrected chi connectivity index (χ1v) is 8.57. The van der Waals surface area contributed by atoms with Crippen molar-refractivity contribution in [3.63, 3.8) is 0 Å². The molecule has 3 N–H and O–H groups in total. The van der Waals surface area contributed by atoms with E-state index in [9.17, 15) is 9.18 Å². The van der Waals surface area contributed by atoms with Crippen molar-refractivity contribution < 1.29 is 9.18 Å². The van der Waals surface area contributed by atoms with Crippen LogP contribution in [0.3, 0.4) is 0 Å². The summed E-state index contributed by atoms with van der Waals surface area (Å²) >= 11 is 0. The molecule has 3 rings (SSSR count). The summed E-state index contributed by atoms with van der Waals surface area (Å²) < 4.78 is 13.1. The molecule has 0 aliphatic rings. The average molecular weight is 364 g/mol. The third kappa shape index (κ3) is 4.47. The van der Waals surface area contributed by atoms with Gasteiger partial charge in [-0.05, 0) is 29.8 Å². The highest BCUT2D eigenvalue weighted by Gasteiger charge is 2.20. The van der Waals surface area contributed by atoms with Crippen LogP contribution in [0.5, 0.6) is 0 Å². The second-order valence-corrected chi connectivity index (χ2v) is 6.98. The summed E-state index contributed by atoms with van der Waals surface area (Å²) in [7, 11) is 0. The molecular weight excluding hydrogens is 343 g/mol. The number of aromatic nitrogens is 2. The van der Waals surface area contributed by atoms with E-state index in [1.54, 1.807) is 42.7 Å². The van der Waals surface area contributed by atoms with Gasteiger partial charge in [-0.2, -0.15) is 0 Å². The Balaban J connectivity index is 1.70. The maximum absolute atomic E-state index is 13.1. The Kier molecular flexibility index (Phi) is 5.16. The van der Waals surface area contributed by atoms with Gasteiger partial charge in [0.15, 0.2) is 5.82 Å². The zero-order valence-electron chi connectivity index (χ0n) is 15.2. The van der Waals surface area contributed by atoms with E-state index in [2.05, 4.69) is 29.1 Å². The van der Waals surface area contributed by atoms with Crippen LogP contribution in [0.2, 0.25) is 0 Å². The number of hydrogen-bond acceptors (Lipinski definition) is 4. The monoisotopic (exact) mass is 364 g/mol. The number of halogens is 1. The van der Waals surface area contributed by atoms with E-state index in [-0.39, 0.29) is 11.2 Å². The molecule has 0 fully saturated rings. The highest BCUT2D eigenvalue weighted by molar-refractivity contribution is 5.93. The van der Waals surface area contributed by atoms with Crippen LogP contribution in [-0.2, 0) is 5.41 Å². The fraction of sp³-hybridized carbons (Fsp3) is 0.190. The molecule has 0 unspecified atom stereocenters. The highest BCUT2D eigenvalue weighted by atomic mass is 19.1. The van der Waals surface area contributed by atoms with E-state index in [0.29, 0.717) is 17.9 Å². The van der Waals surface area contributed by atoms with Gasteiger partial charge in [0.1, 0.15) is 5.82 Å². The molecule has 0 atom stereocenters. The molecule has 138 valence electrons. The standard InChI is InChI=1S/C21H21FN4O/c1-21(2,16-6-8-17(22)9-7-16)13-26-18-11-24-20(25-12-18)15-5-3-4-14(10-15)19(23)27/h3-12,26H,13H2,1-2H3,(H2,23,27). The van der Waals surface area contributed by atoms with Crippen LogP contribution in [0.15, 0.2) is 60.9 Å². The van der Waals surface area contributed by atoms with Crippen LogP contribution in [0.25, 0.3) is 11.4 Å². The van der Waals surface area contributed by atoms with Crippen molar-refractivity contribution in [1.82, 2.24) is 9.97 Å². The van der Waals surface area contributed by atoms with Gasteiger partial charge in [0.25, 0.3) is 0 Å². The summed E-state index contributed by atoms with van der Waals surface area (Å²) in [5.74, 6) is -0.216. The van der Waals surface area contributed by atoms with E-state index in [1.807, 2.05) is 6.07 Å². The molecule has 5 nitrogen and oxygen atoms in total. The minimum absolute atomic E-state index is 0.192. The molecule has 0 radical (unpaired) electrons. The Bertz CT molecular complexity index is 937. The van der Waals surface area contributed by atoms with Crippen LogP contribution in [0.4, 0.5) is 10.1 Å². The van der Waals surface area contributed by atoms with Crippen LogP contribution >= 0.6 is 0 Å². The third-order valence-electron chi connectivity index (χ3n) is 4.42. The van der Waals surface area contributed by atoms with Crippen molar-refractivity contribution in [2.45, 2.75) is 19.3 Å². The minimum Gasteiger partial charge on any atom is -0.382 e. The zero-order chi connectivity index (χ0) is 19.4. The summed E-state index contributed by atoms with van der Waals surface area (Å²) in [6.45, 7) is 4.80. The number of nitrogens with zero attached hydrogens (tertiary/aromatic N) is 2. The first-order chi connectivity index (χ1) is 12.8. The molecule has 0 spiro atoms. The van der Waals surface area contributed by atoms with Gasteiger partial charge in [-0.25, -0.2) is 14.4 Å². The number of anilines is 1. The Morgan fingerprint density at radius 2 is 1.78 bits per heavy atom. The van der Waals surface area contributed by atoms with Crippen molar-refractivity contribution >= 4 is 11.6 Å². The summed E-state index contributed by atoms with van der Waals surface area (Å²) in [5.41, 5.74) is 8.08. The van der Waals surface area contributed by atoms with Crippen molar-refractivity contribution in [1.29, 1.82) is 0 Å². The normalized spacial score (nSPS) is 11.2. The number of rotatable bonds is 6. The predicted molar refractivity (Wildman–Crippen MR) is 104 cm³/mol. The van der Waals surface area contributed by atoms with E-state index in [1.165, 1.54) is 12.1 Å². The van der Waals surface area contributed by atoms with Crippen LogP contribution < -0.4 is 11.1 Å². The van der Waals surface area contributed by atoms with Gasteiger partial charge in [-0.1, -0.05) is 38.1 Å². The first-order valence-electron chi connectivity index (χ1n) is 8.57. The van der Waals surface area contributed by atoms with Crippen LogP contribution in [0, 0.1) is 5.82 Å². The molecule has 0 saturated carbocycles. The van der Waals surface area contributed by atoms with Gasteiger partial charge >= 0.3 is 0 Å². The summed E-state index contributed by atoms with van der Waals surface area (Å²) in [4.78, 5) is 20.0. The number of carbonyl (C=O) groups is 1. The van der Waals surface area contributed by atoms with Crippen molar-refractivity contribution in [3.05, 3.63) is 77.9 Å². The Hall–Kier alpha value is -3.28. The molecule has 0 aliphatic carbocycles. The number of primary amides is 1. The van der Waals surface area contributed by atoms with Crippen LogP contribution in [0.1, 0.15) is 29.8 Å². The Morgan fingerprint density at radius 1 is 1.11 bits per heavy atom. The molecule has 1 heterocycles. The summed E-state index contributed by atoms with van der Waals surface area (Å²) in [6.07, 6.45) is 3.39. The lowest BCUT2D eigenvalue weighted by Gasteiger charge is -2.26. The number of benzene rings is 2. The van der Waals surface area contributed by atoms with Crippen molar-refractivity contribution in [2.75, 3.05) is 11.9 Å². The molecule has 0 aliphatic heterocycles. The second kappa shape index (κ2) is 7.53. The van der Waals surface area contributed by atoms with Gasteiger partial charge in [0.2, 0.25) is 5.91 Å². The molecule has 27 heavy (non-hydrogen) atoms. The SMILES string of the molecule is CC(C)(CNc1cnc(-c2cccc(C(N)=O)c2)nc1)c1ccc(F)cc1. The fourth-order valence-corrected chi connectivity index (χ4v) is 2.71. The van der Waals surface area contributed by atoms with E-state index >= 15 is 0 Å². The third-order valence-corrected chi connectivity index (χ3v) is 4.42. The Morgan fingerprint density at radius 3 is 2.41 bits per heavy atom. The predicted octanol–water partition coefficient (Wildman–Crippen LogP) is 3.77. The van der Waals surface area contributed by atoms with E-state index < -0.39 is 5.91 Å². The van der Waals surface area contributed by atoms with Gasteiger partial charge in [0, 0.05) is 23.1 Å². The van der Waals surface area contributed by atoms with Gasteiger partial charge in [0.05, 0.1) is 18.1 Å². The molecule has 6 heteroatoms. The topological polar surface area (TPSA) is 80.9 Å². The average Bonchev–Trinajstić information content (AvgIpc) is 2.67. The molecule has 2 aromatic carbocycles. The molecule has 1 amide bonds. The second-order valence-electron chi connectivity index (χ2n) is 6.98. The number of nitrogens with two attached hydrogens (primary N) is 1. The summed E-state index contributed by atoms with van der Waals surface area (Å²) in [6, 6.07) is 13.4. The zero-order valence-corrected chi connectivity index (χ0v) is 15.2. The van der Waals surface area contributed by atoms with Crippen molar-refractivity contribution in [2.24, 2.45) is 5.73 Å². The molecular formula is C21H21FN4O. The lowest BCUT2D eigenvalue weighted by atomic mass is 9.84. The van der Waals surface area contributed by atoms with Crippen molar-refractivity contribution in [3.8, 4) is 11.4 Å². The molecule has 0 saturated heterocycles. The number of carbonyl (C=O) groups excluding carboxylic acids is 1. The first kappa shape index (κ1) is 18.5. The smallest absolute Gasteiger partial charge is 0.248 e. The lowest BCUT2D eigenvalue weighted by Crippen LogP contribution is -2.27. The summed E-state index contributed by atoms with van der Waals surface area (Å²) in [5, 5.41) is 3.31. The number of amides is 1. The quantitative estimate of drug-likeness (QED) is 0.698. The minimum atomic E-state index is -0.488. The van der Waals surface area contributed by atoms with Gasteiger partial charge in [-0.3, -0.25) is 4.79 Å². The maximum Gasteiger partial charge on any atom is 0.248 e. The lowest BCUT2D eigenvalue weighted by molar-refractivity contribution is 0.100. The fourth-order valence-electron chi connectivity index (χ4n) is 2.71. The molecule has 3 aromatic rings. The number of hydrogen-bond donors (Lipinski definition) is 2. The van der Waals surface area contributed by atoms with Gasteiger partial charge < -0.3 is 11.1 Å². The van der Waals surface area contributed by atoms with Crippen LogP contribution in [-0.4, -0.2) is 22.4 Å². The molecule has 0 bridgehead atoms. The van der Waals surface area contributed by atoms with Gasteiger partial charge in [-0.15, -0.1) is 0 Å². The highest BCUT2D eigenvalue weighted by Crippen LogP contribution is 2.24. The Labute approximate surface area is 157 Å². The van der Waals surface area contributed by atoms with E-state index in [0.717, 1.165) is 16.8 Å².